The summed E-state index contributed by atoms with van der Waals surface area (Å²) in [5.74, 6) is -2.71. The molecule has 34 heavy (non-hydrogen) atoms. The highest BCUT2D eigenvalue weighted by molar-refractivity contribution is 9.10. The molecule has 0 saturated carbocycles. The maximum absolute atomic E-state index is 13.2. The monoisotopic (exact) mass is 541 g/mol. The van der Waals surface area contributed by atoms with E-state index in [1.165, 1.54) is 18.2 Å². The van der Waals surface area contributed by atoms with E-state index in [1.54, 1.807) is 47.9 Å². The van der Waals surface area contributed by atoms with Crippen molar-refractivity contribution in [2.75, 3.05) is 4.90 Å². The van der Waals surface area contributed by atoms with Gasteiger partial charge in [0, 0.05) is 21.5 Å². The van der Waals surface area contributed by atoms with Gasteiger partial charge < -0.3 is 9.67 Å². The Bertz CT molecular complexity index is 1430. The Balaban J connectivity index is 1.78. The topological polar surface area (TPSA) is 109 Å². The lowest BCUT2D eigenvalue weighted by atomic mass is 10.1. The van der Waals surface area contributed by atoms with E-state index < -0.39 is 23.8 Å². The third kappa shape index (κ3) is 4.15. The van der Waals surface area contributed by atoms with Crippen LogP contribution in [0.15, 0.2) is 58.6 Å². The average molecular weight is 543 g/mol. The number of halogens is 2. The first-order valence-electron chi connectivity index (χ1n) is 9.97. The van der Waals surface area contributed by atoms with Gasteiger partial charge in [-0.1, -0.05) is 33.6 Å². The number of hydrogen-bond acceptors (Lipinski definition) is 4. The first kappa shape index (κ1) is 23.5. The van der Waals surface area contributed by atoms with Gasteiger partial charge in [0.05, 0.1) is 16.3 Å². The predicted molar refractivity (Wildman–Crippen MR) is 130 cm³/mol. The maximum Gasteiger partial charge on any atom is 0.337 e. The number of barbiturate groups is 1. The summed E-state index contributed by atoms with van der Waals surface area (Å²) in [6.07, 6.45) is 1.42. The molecular weight excluding hydrogens is 526 g/mol. The summed E-state index contributed by atoms with van der Waals surface area (Å²) in [7, 11) is 0. The lowest BCUT2D eigenvalue weighted by Gasteiger charge is -2.26. The predicted octanol–water partition coefficient (Wildman–Crippen LogP) is 4.87. The molecule has 0 radical (unpaired) electrons. The standard InChI is InChI=1S/C24H17BrClN3O5/c1-12-8-14(13(2)28(12)17-6-7-20(26)18(11-17)23(32)33)9-19-21(30)27-24(34)29(22(19)31)16-5-3-4-15(25)10-16/h3-11H,1-2H3,(H,32,33)(H,27,30,34)/b19-9+. The Morgan fingerprint density at radius 1 is 1.06 bits per heavy atom. The molecule has 10 heteroatoms. The molecule has 1 saturated heterocycles. The summed E-state index contributed by atoms with van der Waals surface area (Å²) in [4.78, 5) is 50.5. The summed E-state index contributed by atoms with van der Waals surface area (Å²) in [6.45, 7) is 3.58. The van der Waals surface area contributed by atoms with Crippen LogP contribution in [0.2, 0.25) is 5.02 Å². The number of benzene rings is 2. The van der Waals surface area contributed by atoms with Crippen LogP contribution in [0.1, 0.15) is 27.3 Å². The SMILES string of the molecule is Cc1cc(/C=C2\C(=O)NC(=O)N(c3cccc(Br)c3)C2=O)c(C)n1-c1ccc(Cl)c(C(=O)O)c1. The summed E-state index contributed by atoms with van der Waals surface area (Å²) in [5, 5.41) is 11.7. The first-order valence-corrected chi connectivity index (χ1v) is 11.1. The van der Waals surface area contributed by atoms with Crippen molar-refractivity contribution in [2.45, 2.75) is 13.8 Å². The van der Waals surface area contributed by atoms with Crippen molar-refractivity contribution >= 4 is 63.1 Å². The Kier molecular flexibility index (Phi) is 6.16. The third-order valence-corrected chi connectivity index (χ3v) is 6.20. The zero-order chi connectivity index (χ0) is 24.7. The minimum absolute atomic E-state index is 0.0448. The Morgan fingerprint density at radius 2 is 1.79 bits per heavy atom. The molecule has 1 fully saturated rings. The van der Waals surface area contributed by atoms with Crippen molar-refractivity contribution in [2.24, 2.45) is 0 Å². The highest BCUT2D eigenvalue weighted by Gasteiger charge is 2.37. The second kappa shape index (κ2) is 8.92. The minimum atomic E-state index is -1.15. The minimum Gasteiger partial charge on any atom is -0.478 e. The van der Waals surface area contributed by atoms with Crippen LogP contribution in [0, 0.1) is 13.8 Å². The van der Waals surface area contributed by atoms with Crippen molar-refractivity contribution in [1.82, 2.24) is 9.88 Å². The second-order valence-corrected chi connectivity index (χ2v) is 8.89. The van der Waals surface area contributed by atoms with Crippen LogP contribution in [-0.4, -0.2) is 33.5 Å². The number of carboxylic acids is 1. The first-order chi connectivity index (χ1) is 16.1. The smallest absolute Gasteiger partial charge is 0.337 e. The Hall–Kier alpha value is -3.69. The van der Waals surface area contributed by atoms with Crippen LogP contribution in [0.4, 0.5) is 10.5 Å². The van der Waals surface area contributed by atoms with E-state index in [2.05, 4.69) is 21.2 Å². The number of carbonyl (C=O) groups is 4. The van der Waals surface area contributed by atoms with Crippen molar-refractivity contribution in [3.63, 3.8) is 0 Å². The number of urea groups is 1. The molecule has 2 aromatic carbocycles. The molecule has 0 bridgehead atoms. The van der Waals surface area contributed by atoms with Crippen LogP contribution in [0.25, 0.3) is 11.8 Å². The molecule has 1 aromatic heterocycles. The van der Waals surface area contributed by atoms with Crippen LogP contribution >= 0.6 is 27.5 Å². The molecule has 2 heterocycles. The highest BCUT2D eigenvalue weighted by Crippen LogP contribution is 2.28. The van der Waals surface area contributed by atoms with Gasteiger partial charge in [-0.3, -0.25) is 14.9 Å². The molecule has 172 valence electrons. The zero-order valence-corrected chi connectivity index (χ0v) is 20.3. The number of nitrogens with one attached hydrogen (secondary N) is 1. The lowest BCUT2D eigenvalue weighted by molar-refractivity contribution is -0.122. The number of anilines is 1. The van der Waals surface area contributed by atoms with Crippen LogP contribution in [0.5, 0.6) is 0 Å². The molecule has 0 aliphatic carbocycles. The van der Waals surface area contributed by atoms with Gasteiger partial charge in [0.1, 0.15) is 5.57 Å². The number of hydrogen-bond donors (Lipinski definition) is 2. The molecule has 4 amide bonds. The number of aryl methyl sites for hydroxylation is 1. The molecule has 0 atom stereocenters. The van der Waals surface area contributed by atoms with Crippen LogP contribution < -0.4 is 10.2 Å². The number of rotatable bonds is 4. The normalized spacial score (nSPS) is 15.1. The van der Waals surface area contributed by atoms with Gasteiger partial charge in [0.2, 0.25) is 0 Å². The van der Waals surface area contributed by atoms with Gasteiger partial charge in [0.15, 0.2) is 0 Å². The summed E-state index contributed by atoms with van der Waals surface area (Å²) in [6, 6.07) is 12.2. The fourth-order valence-corrected chi connectivity index (χ4v) is 4.40. The lowest BCUT2D eigenvalue weighted by Crippen LogP contribution is -2.54. The van der Waals surface area contributed by atoms with Gasteiger partial charge in [0.25, 0.3) is 11.8 Å². The summed E-state index contributed by atoms with van der Waals surface area (Å²) < 4.78 is 2.46. The molecule has 3 aromatic rings. The number of aromatic nitrogens is 1. The molecule has 0 spiro atoms. The van der Waals surface area contributed by atoms with Crippen molar-refractivity contribution < 1.29 is 24.3 Å². The van der Waals surface area contributed by atoms with E-state index in [-0.39, 0.29) is 16.2 Å². The van der Waals surface area contributed by atoms with Crippen LogP contribution in [-0.2, 0) is 9.59 Å². The van der Waals surface area contributed by atoms with Crippen LogP contribution in [0.3, 0.4) is 0 Å². The second-order valence-electron chi connectivity index (χ2n) is 7.57. The Labute approximate surface area is 207 Å². The molecule has 8 nitrogen and oxygen atoms in total. The van der Waals surface area contributed by atoms with Crippen molar-refractivity contribution in [1.29, 1.82) is 0 Å². The van der Waals surface area contributed by atoms with Gasteiger partial charge >= 0.3 is 12.0 Å². The number of carboxylic acid groups (broad SMARTS) is 1. The summed E-state index contributed by atoms with van der Waals surface area (Å²) in [5.41, 5.74) is 2.58. The third-order valence-electron chi connectivity index (χ3n) is 5.38. The quantitative estimate of drug-likeness (QED) is 0.361. The summed E-state index contributed by atoms with van der Waals surface area (Å²) >= 11 is 9.30. The maximum atomic E-state index is 13.2. The van der Waals surface area contributed by atoms with Gasteiger partial charge in [-0.2, -0.15) is 0 Å². The number of carbonyl (C=O) groups excluding carboxylic acids is 3. The van der Waals surface area contributed by atoms with E-state index in [4.69, 9.17) is 11.6 Å². The zero-order valence-electron chi connectivity index (χ0n) is 17.9. The van der Waals surface area contributed by atoms with E-state index in [9.17, 15) is 24.3 Å². The van der Waals surface area contributed by atoms with Gasteiger partial charge in [-0.25, -0.2) is 14.5 Å². The fourth-order valence-electron chi connectivity index (χ4n) is 3.81. The van der Waals surface area contributed by atoms with Crippen molar-refractivity contribution in [3.8, 4) is 5.69 Å². The van der Waals surface area contributed by atoms with Gasteiger partial charge in [-0.15, -0.1) is 0 Å². The number of aromatic carboxylic acids is 1. The number of imide groups is 2. The van der Waals surface area contributed by atoms with E-state index in [1.807, 2.05) is 6.92 Å². The fraction of sp³-hybridized carbons (Fsp3) is 0.0833. The number of nitrogens with zero attached hydrogens (tertiary/aromatic N) is 2. The van der Waals surface area contributed by atoms with E-state index >= 15 is 0 Å². The molecule has 1 aliphatic heterocycles. The molecule has 4 rings (SSSR count). The highest BCUT2D eigenvalue weighted by atomic mass is 79.9. The van der Waals surface area contributed by atoms with E-state index in [0.717, 1.165) is 10.6 Å². The van der Waals surface area contributed by atoms with Gasteiger partial charge in [-0.05, 0) is 68.0 Å². The largest absolute Gasteiger partial charge is 0.478 e. The molecule has 2 N–H and O–H groups in total. The number of amides is 4. The molecule has 1 aliphatic rings. The molecule has 0 unspecified atom stereocenters. The molecular formula is C24H17BrClN3O5. The Morgan fingerprint density at radius 3 is 2.47 bits per heavy atom. The van der Waals surface area contributed by atoms with E-state index in [0.29, 0.717) is 27.1 Å². The average Bonchev–Trinajstić information content (AvgIpc) is 3.04. The van der Waals surface area contributed by atoms with Crippen molar-refractivity contribution in [3.05, 3.63) is 86.1 Å².